The molecule has 0 bridgehead atoms. The van der Waals surface area contributed by atoms with Gasteiger partial charge in [0.15, 0.2) is 0 Å². The van der Waals surface area contributed by atoms with Gasteiger partial charge in [-0.1, -0.05) is 30.3 Å². The molecule has 0 aliphatic carbocycles. The second-order valence-electron chi connectivity index (χ2n) is 6.42. The summed E-state index contributed by atoms with van der Waals surface area (Å²) in [6.07, 6.45) is 0. The van der Waals surface area contributed by atoms with Crippen LogP contribution in [0.25, 0.3) is 0 Å². The van der Waals surface area contributed by atoms with Gasteiger partial charge in [0.05, 0.1) is 0 Å². The van der Waals surface area contributed by atoms with Crippen LogP contribution < -0.4 is 10.6 Å². The molecule has 0 spiro atoms. The lowest BCUT2D eigenvalue weighted by molar-refractivity contribution is 1.02. The third kappa shape index (κ3) is 4.35. The average molecular weight is 332 g/mol. The van der Waals surface area contributed by atoms with Crippen LogP contribution in [-0.4, -0.2) is 9.97 Å². The van der Waals surface area contributed by atoms with E-state index < -0.39 is 0 Å². The number of aromatic nitrogens is 2. The fraction of sp³-hybridized carbons (Fsp3) is 0.238. The molecule has 3 rings (SSSR count). The van der Waals surface area contributed by atoms with Crippen LogP contribution in [-0.2, 0) is 6.54 Å². The Labute approximate surface area is 149 Å². The van der Waals surface area contributed by atoms with Gasteiger partial charge in [0.2, 0.25) is 5.95 Å². The molecule has 0 saturated heterocycles. The summed E-state index contributed by atoms with van der Waals surface area (Å²) in [5, 5.41) is 6.70. The summed E-state index contributed by atoms with van der Waals surface area (Å²) in [6.45, 7) is 9.02. The average Bonchev–Trinajstić information content (AvgIpc) is 2.57. The molecular weight excluding hydrogens is 308 g/mol. The van der Waals surface area contributed by atoms with Crippen molar-refractivity contribution in [2.75, 3.05) is 10.6 Å². The number of benzene rings is 2. The first-order chi connectivity index (χ1) is 12.0. The van der Waals surface area contributed by atoms with E-state index in [0.717, 1.165) is 17.2 Å². The zero-order valence-electron chi connectivity index (χ0n) is 15.2. The van der Waals surface area contributed by atoms with Gasteiger partial charge in [-0.15, -0.1) is 0 Å². The van der Waals surface area contributed by atoms with Gasteiger partial charge in [-0.2, -0.15) is 4.98 Å². The van der Waals surface area contributed by atoms with E-state index >= 15 is 0 Å². The van der Waals surface area contributed by atoms with Crippen molar-refractivity contribution in [1.82, 2.24) is 9.97 Å². The second kappa shape index (κ2) is 7.34. The van der Waals surface area contributed by atoms with E-state index in [0.29, 0.717) is 12.5 Å². The third-order valence-corrected chi connectivity index (χ3v) is 4.33. The molecule has 0 aliphatic rings. The zero-order chi connectivity index (χ0) is 17.8. The maximum atomic E-state index is 4.59. The van der Waals surface area contributed by atoms with Crippen molar-refractivity contribution >= 4 is 17.5 Å². The minimum Gasteiger partial charge on any atom is -0.350 e. The summed E-state index contributed by atoms with van der Waals surface area (Å²) in [4.78, 5) is 9.08. The molecule has 3 aromatic rings. The van der Waals surface area contributed by atoms with Crippen molar-refractivity contribution in [2.45, 2.75) is 34.2 Å². The van der Waals surface area contributed by atoms with Gasteiger partial charge >= 0.3 is 0 Å². The largest absolute Gasteiger partial charge is 0.350 e. The highest BCUT2D eigenvalue weighted by molar-refractivity contribution is 5.59. The standard InChI is InChI=1S/C21H24N4/c1-14-9-10-19(11-16(14)3)24-20-12-17(4)23-21(25-20)22-13-18-8-6-5-7-15(18)2/h5-12H,13H2,1-4H3,(H2,22,23,24,25). The van der Waals surface area contributed by atoms with Gasteiger partial charge in [-0.3, -0.25) is 0 Å². The van der Waals surface area contributed by atoms with Crippen LogP contribution in [0, 0.1) is 27.7 Å². The summed E-state index contributed by atoms with van der Waals surface area (Å²) in [6, 6.07) is 16.6. The van der Waals surface area contributed by atoms with Crippen molar-refractivity contribution in [2.24, 2.45) is 0 Å². The summed E-state index contributed by atoms with van der Waals surface area (Å²) in [5.41, 5.74) is 7.01. The predicted molar refractivity (Wildman–Crippen MR) is 104 cm³/mol. The second-order valence-corrected chi connectivity index (χ2v) is 6.42. The lowest BCUT2D eigenvalue weighted by atomic mass is 10.1. The molecule has 0 aliphatic heterocycles. The van der Waals surface area contributed by atoms with Crippen LogP contribution in [0.4, 0.5) is 17.5 Å². The van der Waals surface area contributed by atoms with E-state index in [1.807, 2.05) is 25.1 Å². The molecule has 1 heterocycles. The van der Waals surface area contributed by atoms with Crippen LogP contribution in [0.1, 0.15) is 27.9 Å². The van der Waals surface area contributed by atoms with Crippen molar-refractivity contribution in [3.8, 4) is 0 Å². The first kappa shape index (κ1) is 17.0. The monoisotopic (exact) mass is 332 g/mol. The molecule has 0 radical (unpaired) electrons. The van der Waals surface area contributed by atoms with Gasteiger partial charge in [0.1, 0.15) is 5.82 Å². The van der Waals surface area contributed by atoms with Gasteiger partial charge in [-0.05, 0) is 62.1 Å². The number of hydrogen-bond donors (Lipinski definition) is 2. The Morgan fingerprint density at radius 2 is 1.60 bits per heavy atom. The predicted octanol–water partition coefficient (Wildman–Crippen LogP) is 5.07. The Bertz CT molecular complexity index is 887. The minimum atomic E-state index is 0.634. The number of nitrogens with one attached hydrogen (secondary N) is 2. The zero-order valence-corrected chi connectivity index (χ0v) is 15.2. The van der Waals surface area contributed by atoms with Crippen LogP contribution in [0.15, 0.2) is 48.5 Å². The maximum Gasteiger partial charge on any atom is 0.225 e. The highest BCUT2D eigenvalue weighted by Crippen LogP contribution is 2.20. The van der Waals surface area contributed by atoms with Crippen LogP contribution in [0.5, 0.6) is 0 Å². The van der Waals surface area contributed by atoms with E-state index in [9.17, 15) is 0 Å². The molecule has 1 aromatic heterocycles. The highest BCUT2D eigenvalue weighted by atomic mass is 15.1. The molecule has 0 saturated carbocycles. The molecule has 0 amide bonds. The van der Waals surface area contributed by atoms with Gasteiger partial charge in [-0.25, -0.2) is 4.98 Å². The Hall–Kier alpha value is -2.88. The van der Waals surface area contributed by atoms with E-state index in [1.54, 1.807) is 0 Å². The van der Waals surface area contributed by atoms with Crippen molar-refractivity contribution < 1.29 is 0 Å². The number of rotatable bonds is 5. The van der Waals surface area contributed by atoms with Crippen LogP contribution >= 0.6 is 0 Å². The summed E-state index contributed by atoms with van der Waals surface area (Å²) in [7, 11) is 0. The fourth-order valence-electron chi connectivity index (χ4n) is 2.66. The molecule has 25 heavy (non-hydrogen) atoms. The quantitative estimate of drug-likeness (QED) is 0.685. The van der Waals surface area contributed by atoms with Crippen LogP contribution in [0.2, 0.25) is 0 Å². The number of hydrogen-bond acceptors (Lipinski definition) is 4. The van der Waals surface area contributed by atoms with Gasteiger partial charge in [0.25, 0.3) is 0 Å². The van der Waals surface area contributed by atoms with E-state index in [2.05, 4.69) is 71.7 Å². The number of nitrogens with zero attached hydrogens (tertiary/aromatic N) is 2. The molecule has 4 heteroatoms. The van der Waals surface area contributed by atoms with Crippen molar-refractivity contribution in [3.05, 3.63) is 76.5 Å². The summed E-state index contributed by atoms with van der Waals surface area (Å²) < 4.78 is 0. The van der Waals surface area contributed by atoms with E-state index in [-0.39, 0.29) is 0 Å². The van der Waals surface area contributed by atoms with E-state index in [4.69, 9.17) is 0 Å². The van der Waals surface area contributed by atoms with E-state index in [1.165, 1.54) is 22.3 Å². The maximum absolute atomic E-state index is 4.59. The Kier molecular flexibility index (Phi) is 4.98. The molecule has 2 aromatic carbocycles. The smallest absolute Gasteiger partial charge is 0.225 e. The molecule has 0 unspecified atom stereocenters. The first-order valence-electron chi connectivity index (χ1n) is 8.49. The van der Waals surface area contributed by atoms with Crippen LogP contribution in [0.3, 0.4) is 0 Å². The SMILES string of the molecule is Cc1cc(Nc2ccc(C)c(C)c2)nc(NCc2ccccc2C)n1. The van der Waals surface area contributed by atoms with Gasteiger partial charge < -0.3 is 10.6 Å². The summed E-state index contributed by atoms with van der Waals surface area (Å²) in [5.74, 6) is 1.43. The highest BCUT2D eigenvalue weighted by Gasteiger charge is 2.05. The topological polar surface area (TPSA) is 49.8 Å². The minimum absolute atomic E-state index is 0.634. The molecule has 2 N–H and O–H groups in total. The van der Waals surface area contributed by atoms with Crippen molar-refractivity contribution in [3.63, 3.8) is 0 Å². The number of aryl methyl sites for hydroxylation is 4. The van der Waals surface area contributed by atoms with Gasteiger partial charge in [0, 0.05) is 24.0 Å². The molecule has 4 nitrogen and oxygen atoms in total. The Morgan fingerprint density at radius 1 is 0.800 bits per heavy atom. The molecule has 0 fully saturated rings. The Balaban J connectivity index is 1.76. The third-order valence-electron chi connectivity index (χ3n) is 4.33. The molecule has 128 valence electrons. The molecular formula is C21H24N4. The first-order valence-corrected chi connectivity index (χ1v) is 8.49. The number of anilines is 3. The normalized spacial score (nSPS) is 10.6. The lowest BCUT2D eigenvalue weighted by Gasteiger charge is -2.12. The lowest BCUT2D eigenvalue weighted by Crippen LogP contribution is -2.07. The summed E-state index contributed by atoms with van der Waals surface area (Å²) >= 11 is 0. The Morgan fingerprint density at radius 3 is 2.36 bits per heavy atom. The molecule has 0 atom stereocenters. The van der Waals surface area contributed by atoms with Crippen molar-refractivity contribution in [1.29, 1.82) is 0 Å². The fourth-order valence-corrected chi connectivity index (χ4v) is 2.66.